The van der Waals surface area contributed by atoms with Crippen LogP contribution >= 0.6 is 0 Å². The van der Waals surface area contributed by atoms with E-state index in [9.17, 15) is 14.9 Å². The number of nitro groups is 1. The first-order valence-corrected chi connectivity index (χ1v) is 5.32. The third-order valence-corrected chi connectivity index (χ3v) is 2.89. The highest BCUT2D eigenvalue weighted by Gasteiger charge is 2.30. The monoisotopic (exact) mass is 235 g/mol. The van der Waals surface area contributed by atoms with Crippen LogP contribution in [-0.4, -0.2) is 28.8 Å². The minimum Gasteiger partial charge on any atom is -0.393 e. The van der Waals surface area contributed by atoms with E-state index in [-0.39, 0.29) is 23.3 Å². The molecule has 1 aromatic carbocycles. The summed E-state index contributed by atoms with van der Waals surface area (Å²) in [6.07, 6.45) is 2.00. The second-order valence-electron chi connectivity index (χ2n) is 4.18. The number of hydrogen-bond donors (Lipinski definition) is 1. The van der Waals surface area contributed by atoms with E-state index in [2.05, 4.69) is 0 Å². The normalized spacial score (nSPS) is 14.4. The SMILES string of the molecule is CN(C(=O)c1ccc(N)c([N+](=O)[O-])c1)C1CC1. The second-order valence-corrected chi connectivity index (χ2v) is 4.18. The van der Waals surface area contributed by atoms with Crippen LogP contribution in [0.2, 0.25) is 0 Å². The van der Waals surface area contributed by atoms with Crippen LogP contribution in [0.3, 0.4) is 0 Å². The quantitative estimate of drug-likeness (QED) is 0.487. The molecule has 0 spiro atoms. The van der Waals surface area contributed by atoms with Crippen molar-refractivity contribution in [2.45, 2.75) is 18.9 Å². The lowest BCUT2D eigenvalue weighted by Crippen LogP contribution is -2.28. The van der Waals surface area contributed by atoms with E-state index in [1.165, 1.54) is 18.2 Å². The maximum Gasteiger partial charge on any atom is 0.292 e. The van der Waals surface area contributed by atoms with Gasteiger partial charge in [-0.25, -0.2) is 0 Å². The predicted octanol–water partition coefficient (Wildman–Crippen LogP) is 1.41. The van der Waals surface area contributed by atoms with Crippen molar-refractivity contribution in [1.82, 2.24) is 4.90 Å². The summed E-state index contributed by atoms with van der Waals surface area (Å²) in [5.74, 6) is -0.199. The summed E-state index contributed by atoms with van der Waals surface area (Å²) in [7, 11) is 1.71. The van der Waals surface area contributed by atoms with Gasteiger partial charge in [0.2, 0.25) is 0 Å². The number of rotatable bonds is 3. The lowest BCUT2D eigenvalue weighted by molar-refractivity contribution is -0.383. The Bertz CT molecular complexity index is 483. The van der Waals surface area contributed by atoms with Crippen LogP contribution in [0, 0.1) is 10.1 Å². The van der Waals surface area contributed by atoms with Crippen molar-refractivity contribution in [2.24, 2.45) is 0 Å². The van der Waals surface area contributed by atoms with Gasteiger partial charge in [-0.1, -0.05) is 0 Å². The Labute approximate surface area is 98.2 Å². The zero-order valence-electron chi connectivity index (χ0n) is 9.42. The van der Waals surface area contributed by atoms with Gasteiger partial charge in [0.1, 0.15) is 5.69 Å². The predicted molar refractivity (Wildman–Crippen MR) is 62.6 cm³/mol. The molecular weight excluding hydrogens is 222 g/mol. The zero-order valence-corrected chi connectivity index (χ0v) is 9.42. The molecule has 0 heterocycles. The van der Waals surface area contributed by atoms with Crippen molar-refractivity contribution in [1.29, 1.82) is 0 Å². The molecule has 0 radical (unpaired) electrons. The van der Waals surface area contributed by atoms with Crippen molar-refractivity contribution in [3.63, 3.8) is 0 Å². The van der Waals surface area contributed by atoms with Crippen molar-refractivity contribution >= 4 is 17.3 Å². The van der Waals surface area contributed by atoms with Gasteiger partial charge < -0.3 is 10.6 Å². The summed E-state index contributed by atoms with van der Waals surface area (Å²) in [6.45, 7) is 0. The molecule has 0 aliphatic heterocycles. The van der Waals surface area contributed by atoms with Crippen molar-refractivity contribution in [3.8, 4) is 0 Å². The minimum atomic E-state index is -0.580. The van der Waals surface area contributed by atoms with E-state index >= 15 is 0 Å². The van der Waals surface area contributed by atoms with Crippen LogP contribution in [0.15, 0.2) is 18.2 Å². The number of nitrogens with two attached hydrogens (primary N) is 1. The summed E-state index contributed by atoms with van der Waals surface area (Å²) >= 11 is 0. The molecule has 17 heavy (non-hydrogen) atoms. The van der Waals surface area contributed by atoms with E-state index < -0.39 is 4.92 Å². The number of nitro benzene ring substituents is 1. The van der Waals surface area contributed by atoms with E-state index in [0.717, 1.165) is 12.8 Å². The standard InChI is InChI=1S/C11H13N3O3/c1-13(8-3-4-8)11(15)7-2-5-9(12)10(6-7)14(16)17/h2,5-6,8H,3-4,12H2,1H3. The number of nitrogens with zero attached hydrogens (tertiary/aromatic N) is 2. The Morgan fingerprint density at radius 1 is 1.53 bits per heavy atom. The van der Waals surface area contributed by atoms with E-state index in [0.29, 0.717) is 5.56 Å². The van der Waals surface area contributed by atoms with Crippen LogP contribution in [0.1, 0.15) is 23.2 Å². The molecule has 1 aromatic rings. The molecular formula is C11H13N3O3. The molecule has 2 N–H and O–H groups in total. The van der Waals surface area contributed by atoms with Crippen LogP contribution in [0.4, 0.5) is 11.4 Å². The first-order valence-electron chi connectivity index (χ1n) is 5.32. The van der Waals surface area contributed by atoms with Gasteiger partial charge in [0.05, 0.1) is 4.92 Å². The van der Waals surface area contributed by atoms with Gasteiger partial charge in [-0.05, 0) is 25.0 Å². The summed E-state index contributed by atoms with van der Waals surface area (Å²) in [5.41, 5.74) is 5.63. The molecule has 1 fully saturated rings. The third-order valence-electron chi connectivity index (χ3n) is 2.89. The highest BCUT2D eigenvalue weighted by Crippen LogP contribution is 2.28. The maximum absolute atomic E-state index is 12.0. The van der Waals surface area contributed by atoms with Gasteiger partial charge in [-0.2, -0.15) is 0 Å². The molecule has 1 amide bonds. The smallest absolute Gasteiger partial charge is 0.292 e. The van der Waals surface area contributed by atoms with Gasteiger partial charge in [0.25, 0.3) is 11.6 Å². The molecule has 1 aliphatic rings. The summed E-state index contributed by atoms with van der Waals surface area (Å²) in [4.78, 5) is 23.7. The lowest BCUT2D eigenvalue weighted by atomic mass is 10.1. The molecule has 0 bridgehead atoms. The number of anilines is 1. The topological polar surface area (TPSA) is 89.5 Å². The number of benzene rings is 1. The Morgan fingerprint density at radius 2 is 2.18 bits per heavy atom. The van der Waals surface area contributed by atoms with Gasteiger partial charge in [0.15, 0.2) is 0 Å². The Kier molecular flexibility index (Phi) is 2.71. The zero-order chi connectivity index (χ0) is 12.6. The van der Waals surface area contributed by atoms with E-state index in [1.807, 2.05) is 0 Å². The van der Waals surface area contributed by atoms with Crippen molar-refractivity contribution in [2.75, 3.05) is 12.8 Å². The Balaban J connectivity index is 2.29. The molecule has 0 saturated heterocycles. The number of hydrogen-bond acceptors (Lipinski definition) is 4. The van der Waals surface area contributed by atoms with Gasteiger partial charge in [-0.3, -0.25) is 14.9 Å². The van der Waals surface area contributed by atoms with Crippen LogP contribution in [0.5, 0.6) is 0 Å². The molecule has 1 aliphatic carbocycles. The minimum absolute atomic E-state index is 0.0700. The average Bonchev–Trinajstić information content (AvgIpc) is 3.11. The average molecular weight is 235 g/mol. The van der Waals surface area contributed by atoms with Crippen molar-refractivity contribution < 1.29 is 9.72 Å². The molecule has 2 rings (SSSR count). The summed E-state index contributed by atoms with van der Waals surface area (Å²) in [5, 5.41) is 10.7. The fraction of sp³-hybridized carbons (Fsp3) is 0.364. The largest absolute Gasteiger partial charge is 0.393 e. The molecule has 0 unspecified atom stereocenters. The highest BCUT2D eigenvalue weighted by atomic mass is 16.6. The highest BCUT2D eigenvalue weighted by molar-refractivity contribution is 5.95. The Hall–Kier alpha value is -2.11. The molecule has 0 atom stereocenters. The first kappa shape index (κ1) is 11.4. The maximum atomic E-state index is 12.0. The molecule has 0 aromatic heterocycles. The molecule has 6 heteroatoms. The third kappa shape index (κ3) is 2.20. The number of nitrogen functional groups attached to an aromatic ring is 1. The number of carbonyl (C=O) groups excluding carboxylic acids is 1. The summed E-state index contributed by atoms with van der Waals surface area (Å²) in [6, 6.07) is 4.42. The van der Waals surface area contributed by atoms with Crippen LogP contribution < -0.4 is 5.73 Å². The number of carbonyl (C=O) groups is 1. The first-order chi connectivity index (χ1) is 8.00. The molecule has 90 valence electrons. The number of amides is 1. The summed E-state index contributed by atoms with van der Waals surface area (Å²) < 4.78 is 0. The lowest BCUT2D eigenvalue weighted by Gasteiger charge is -2.16. The fourth-order valence-corrected chi connectivity index (χ4v) is 1.67. The van der Waals surface area contributed by atoms with Crippen LogP contribution in [0.25, 0.3) is 0 Å². The Morgan fingerprint density at radius 3 is 2.71 bits per heavy atom. The van der Waals surface area contributed by atoms with Gasteiger partial charge in [-0.15, -0.1) is 0 Å². The van der Waals surface area contributed by atoms with Gasteiger partial charge in [0, 0.05) is 24.7 Å². The molecule has 6 nitrogen and oxygen atoms in total. The van der Waals surface area contributed by atoms with E-state index in [4.69, 9.17) is 5.73 Å². The van der Waals surface area contributed by atoms with Crippen LogP contribution in [-0.2, 0) is 0 Å². The molecule has 1 saturated carbocycles. The van der Waals surface area contributed by atoms with Gasteiger partial charge >= 0.3 is 0 Å². The van der Waals surface area contributed by atoms with E-state index in [1.54, 1.807) is 11.9 Å². The van der Waals surface area contributed by atoms with Crippen molar-refractivity contribution in [3.05, 3.63) is 33.9 Å². The second kappa shape index (κ2) is 4.04. The fourth-order valence-electron chi connectivity index (χ4n) is 1.67.